The summed E-state index contributed by atoms with van der Waals surface area (Å²) in [5, 5.41) is 11.7. The number of nitrogens with two attached hydrogens (primary N) is 1. The number of aliphatic hydroxyl groups is 1. The van der Waals surface area contributed by atoms with Crippen molar-refractivity contribution in [3.05, 3.63) is 0 Å². The average Bonchev–Trinajstić information content (AvgIpc) is 2.26. The van der Waals surface area contributed by atoms with Crippen LogP contribution in [-0.2, 0) is 9.53 Å². The molecule has 5 heteroatoms. The molecule has 96 valence electrons. The number of hydrogen-bond donors (Lipinski definition) is 3. The van der Waals surface area contributed by atoms with E-state index < -0.39 is 0 Å². The number of carbonyl (C=O) groups is 1. The lowest BCUT2D eigenvalue weighted by Crippen LogP contribution is -2.41. The molecule has 0 radical (unpaired) electrons. The third kappa shape index (κ3) is 6.76. The van der Waals surface area contributed by atoms with Crippen molar-refractivity contribution >= 4 is 5.91 Å². The molecule has 16 heavy (non-hydrogen) atoms. The maximum absolute atomic E-state index is 11.7. The van der Waals surface area contributed by atoms with Crippen LogP contribution in [0.15, 0.2) is 0 Å². The molecule has 0 aliphatic heterocycles. The third-order valence-electron chi connectivity index (χ3n) is 2.48. The van der Waals surface area contributed by atoms with Crippen molar-refractivity contribution in [1.82, 2.24) is 5.32 Å². The fraction of sp³-hybridized carbons (Fsp3) is 0.909. The number of ether oxygens (including phenoxy) is 1. The molecule has 2 atom stereocenters. The zero-order valence-corrected chi connectivity index (χ0v) is 10.2. The molecule has 0 aromatic heterocycles. The van der Waals surface area contributed by atoms with Crippen LogP contribution in [0.25, 0.3) is 0 Å². The van der Waals surface area contributed by atoms with Crippen molar-refractivity contribution < 1.29 is 14.6 Å². The van der Waals surface area contributed by atoms with Crippen LogP contribution in [0.4, 0.5) is 0 Å². The summed E-state index contributed by atoms with van der Waals surface area (Å²) in [6, 6.07) is -0.108. The molecule has 0 saturated carbocycles. The lowest BCUT2D eigenvalue weighted by atomic mass is 10.0. The molecule has 0 aromatic carbocycles. The Bertz CT molecular complexity index is 182. The Morgan fingerprint density at radius 2 is 2.19 bits per heavy atom. The molecule has 0 bridgehead atoms. The van der Waals surface area contributed by atoms with Crippen molar-refractivity contribution in [3.8, 4) is 0 Å². The van der Waals surface area contributed by atoms with Gasteiger partial charge in [0, 0.05) is 19.6 Å². The number of nitrogens with one attached hydrogen (secondary N) is 1. The van der Waals surface area contributed by atoms with Gasteiger partial charge in [-0.05, 0) is 25.8 Å². The van der Waals surface area contributed by atoms with Gasteiger partial charge in [-0.15, -0.1) is 0 Å². The van der Waals surface area contributed by atoms with E-state index in [9.17, 15) is 4.79 Å². The first-order valence-corrected chi connectivity index (χ1v) is 5.75. The summed E-state index contributed by atoms with van der Waals surface area (Å²) < 4.78 is 4.97. The van der Waals surface area contributed by atoms with Crippen LogP contribution in [0, 0.1) is 5.92 Å². The summed E-state index contributed by atoms with van der Waals surface area (Å²) in [4.78, 5) is 11.7. The van der Waals surface area contributed by atoms with Crippen LogP contribution < -0.4 is 11.1 Å². The van der Waals surface area contributed by atoms with E-state index in [0.717, 1.165) is 12.8 Å². The number of methoxy groups -OCH3 is 1. The molecule has 0 spiro atoms. The van der Waals surface area contributed by atoms with E-state index in [2.05, 4.69) is 5.32 Å². The summed E-state index contributed by atoms with van der Waals surface area (Å²) in [7, 11) is 1.58. The fourth-order valence-corrected chi connectivity index (χ4v) is 1.45. The van der Waals surface area contributed by atoms with E-state index >= 15 is 0 Å². The lowest BCUT2D eigenvalue weighted by Gasteiger charge is -2.19. The molecule has 5 nitrogen and oxygen atoms in total. The maximum atomic E-state index is 11.7. The molecule has 1 amide bonds. The van der Waals surface area contributed by atoms with Gasteiger partial charge in [0.05, 0.1) is 12.6 Å². The van der Waals surface area contributed by atoms with Crippen molar-refractivity contribution in [2.75, 3.05) is 26.9 Å². The van der Waals surface area contributed by atoms with Gasteiger partial charge in [0.1, 0.15) is 0 Å². The Hall–Kier alpha value is -0.650. The smallest absolute Gasteiger partial charge is 0.223 e. The summed E-state index contributed by atoms with van der Waals surface area (Å²) >= 11 is 0. The monoisotopic (exact) mass is 232 g/mol. The highest BCUT2D eigenvalue weighted by molar-refractivity contribution is 5.78. The SMILES string of the molecule is COCC(CCO)NC(=O)C(C)CCCN. The minimum absolute atomic E-state index is 0.00366. The first-order valence-electron chi connectivity index (χ1n) is 5.75. The third-order valence-corrected chi connectivity index (χ3v) is 2.48. The van der Waals surface area contributed by atoms with E-state index in [0.29, 0.717) is 19.6 Å². The van der Waals surface area contributed by atoms with Gasteiger partial charge in [-0.1, -0.05) is 6.92 Å². The second kappa shape index (κ2) is 9.57. The average molecular weight is 232 g/mol. The van der Waals surface area contributed by atoms with Gasteiger partial charge in [-0.2, -0.15) is 0 Å². The van der Waals surface area contributed by atoms with Gasteiger partial charge in [0.15, 0.2) is 0 Å². The summed E-state index contributed by atoms with van der Waals surface area (Å²) in [5.41, 5.74) is 5.39. The number of rotatable bonds is 9. The molecular weight excluding hydrogens is 208 g/mol. The summed E-state index contributed by atoms with van der Waals surface area (Å²) in [6.07, 6.45) is 2.16. The van der Waals surface area contributed by atoms with Gasteiger partial charge in [-0.25, -0.2) is 0 Å². The molecule has 0 heterocycles. The van der Waals surface area contributed by atoms with Crippen LogP contribution in [0.5, 0.6) is 0 Å². The second-order valence-corrected chi connectivity index (χ2v) is 4.01. The van der Waals surface area contributed by atoms with E-state index in [-0.39, 0.29) is 24.5 Å². The summed E-state index contributed by atoms with van der Waals surface area (Å²) in [6.45, 7) is 2.96. The zero-order chi connectivity index (χ0) is 12.4. The minimum Gasteiger partial charge on any atom is -0.396 e. The highest BCUT2D eigenvalue weighted by Gasteiger charge is 2.16. The van der Waals surface area contributed by atoms with E-state index in [1.165, 1.54) is 0 Å². The van der Waals surface area contributed by atoms with Crippen LogP contribution in [0.2, 0.25) is 0 Å². The quantitative estimate of drug-likeness (QED) is 0.517. The molecular formula is C11H24N2O3. The molecule has 4 N–H and O–H groups in total. The van der Waals surface area contributed by atoms with Crippen LogP contribution in [0.1, 0.15) is 26.2 Å². The molecule has 0 aliphatic rings. The normalized spacial score (nSPS) is 14.5. The van der Waals surface area contributed by atoms with Gasteiger partial charge < -0.3 is 20.9 Å². The Morgan fingerprint density at radius 3 is 2.69 bits per heavy atom. The standard InChI is InChI=1S/C11H24N2O3/c1-9(4-3-6-12)11(15)13-10(5-7-14)8-16-2/h9-10,14H,3-8,12H2,1-2H3,(H,13,15). The zero-order valence-electron chi connectivity index (χ0n) is 10.2. The van der Waals surface area contributed by atoms with Crippen LogP contribution >= 0.6 is 0 Å². The number of amides is 1. The predicted molar refractivity (Wildman–Crippen MR) is 63.0 cm³/mol. The van der Waals surface area contributed by atoms with E-state index in [1.807, 2.05) is 6.92 Å². The van der Waals surface area contributed by atoms with Crippen molar-refractivity contribution in [2.24, 2.45) is 11.7 Å². The largest absolute Gasteiger partial charge is 0.396 e. The number of carbonyl (C=O) groups excluding carboxylic acids is 1. The predicted octanol–water partition coefficient (Wildman–Crippen LogP) is -0.125. The molecule has 0 rings (SSSR count). The lowest BCUT2D eigenvalue weighted by molar-refractivity contribution is -0.125. The second-order valence-electron chi connectivity index (χ2n) is 4.01. The highest BCUT2D eigenvalue weighted by atomic mass is 16.5. The maximum Gasteiger partial charge on any atom is 0.223 e. The molecule has 0 aliphatic carbocycles. The van der Waals surface area contributed by atoms with Crippen molar-refractivity contribution in [1.29, 1.82) is 0 Å². The number of aliphatic hydroxyl groups excluding tert-OH is 1. The molecule has 0 aromatic rings. The van der Waals surface area contributed by atoms with Crippen molar-refractivity contribution in [2.45, 2.75) is 32.2 Å². The molecule has 2 unspecified atom stereocenters. The van der Waals surface area contributed by atoms with Crippen LogP contribution in [-0.4, -0.2) is 43.9 Å². The topological polar surface area (TPSA) is 84.6 Å². The van der Waals surface area contributed by atoms with Gasteiger partial charge in [-0.3, -0.25) is 4.79 Å². The fourth-order valence-electron chi connectivity index (χ4n) is 1.45. The Kier molecular flexibility index (Phi) is 9.18. The highest BCUT2D eigenvalue weighted by Crippen LogP contribution is 2.05. The first kappa shape index (κ1) is 15.3. The first-order chi connectivity index (χ1) is 7.65. The molecule has 0 saturated heterocycles. The Labute approximate surface area is 97.3 Å². The van der Waals surface area contributed by atoms with Gasteiger partial charge in [0.25, 0.3) is 0 Å². The van der Waals surface area contributed by atoms with E-state index in [1.54, 1.807) is 7.11 Å². The summed E-state index contributed by atoms with van der Waals surface area (Å²) in [5.74, 6) is -0.0365. The van der Waals surface area contributed by atoms with E-state index in [4.69, 9.17) is 15.6 Å². The van der Waals surface area contributed by atoms with Crippen molar-refractivity contribution in [3.63, 3.8) is 0 Å². The van der Waals surface area contributed by atoms with Crippen LogP contribution in [0.3, 0.4) is 0 Å². The number of hydrogen-bond acceptors (Lipinski definition) is 4. The Balaban J connectivity index is 3.96. The Morgan fingerprint density at radius 1 is 1.50 bits per heavy atom. The van der Waals surface area contributed by atoms with Gasteiger partial charge in [0.2, 0.25) is 5.91 Å². The minimum atomic E-state index is -0.108. The van der Waals surface area contributed by atoms with Gasteiger partial charge >= 0.3 is 0 Å². The molecule has 0 fully saturated rings.